The van der Waals surface area contributed by atoms with Crippen molar-refractivity contribution >= 4 is 17.3 Å². The minimum absolute atomic E-state index is 0.242. The van der Waals surface area contributed by atoms with Crippen LogP contribution < -0.4 is 10.5 Å². The fraction of sp³-hybridized carbons (Fsp3) is 0.412. The molecule has 22 heavy (non-hydrogen) atoms. The molecule has 0 aliphatic carbocycles. The maximum absolute atomic E-state index is 11.6. The Morgan fingerprint density at radius 3 is 2.91 bits per heavy atom. The normalized spacial score (nSPS) is 18.5. The minimum atomic E-state index is -0.320. The Labute approximate surface area is 135 Å². The van der Waals surface area contributed by atoms with Crippen LogP contribution >= 0.6 is 11.6 Å². The number of H-pyrrole nitrogens is 1. The van der Waals surface area contributed by atoms with Crippen molar-refractivity contribution in [2.45, 2.75) is 26.2 Å². The number of aromatic amines is 1. The number of benzene rings is 1. The number of hydrogen-bond donors (Lipinski definition) is 1. The number of anilines is 1. The third-order valence-corrected chi connectivity index (χ3v) is 4.65. The predicted molar refractivity (Wildman–Crippen MR) is 89.7 cm³/mol. The Kier molecular flexibility index (Phi) is 4.48. The quantitative estimate of drug-likeness (QED) is 0.945. The number of nitrogens with zero attached hydrogens (tertiary/aromatic N) is 2. The Bertz CT molecular complexity index is 696. The van der Waals surface area contributed by atoms with Gasteiger partial charge < -0.3 is 4.90 Å². The molecule has 1 aromatic heterocycles. The number of piperidine rings is 1. The van der Waals surface area contributed by atoms with Gasteiger partial charge in [-0.05, 0) is 37.7 Å². The number of rotatable bonds is 3. The summed E-state index contributed by atoms with van der Waals surface area (Å²) in [4.78, 5) is 13.8. The van der Waals surface area contributed by atoms with Crippen molar-refractivity contribution < 1.29 is 0 Å². The van der Waals surface area contributed by atoms with Gasteiger partial charge in [0.15, 0.2) is 0 Å². The molecule has 116 valence electrons. The third kappa shape index (κ3) is 3.33. The van der Waals surface area contributed by atoms with Gasteiger partial charge in [-0.1, -0.05) is 41.4 Å². The van der Waals surface area contributed by atoms with Crippen LogP contribution in [0.2, 0.25) is 5.02 Å². The van der Waals surface area contributed by atoms with Gasteiger partial charge in [0.1, 0.15) is 5.02 Å². The zero-order chi connectivity index (χ0) is 15.5. The number of nitrogens with one attached hydrogen (secondary N) is 1. The highest BCUT2D eigenvalue weighted by atomic mass is 35.5. The summed E-state index contributed by atoms with van der Waals surface area (Å²) in [6.07, 6.45) is 5.03. The van der Waals surface area contributed by atoms with Gasteiger partial charge in [-0.2, -0.15) is 5.10 Å². The first-order chi connectivity index (χ1) is 10.6. The second kappa shape index (κ2) is 6.53. The standard InChI is InChI=1S/C17H20ClN3O/c1-12-4-6-13(7-5-12)9-14-3-2-8-21(11-14)15-10-19-20-17(22)16(15)18/h4-7,10,14H,2-3,8-9,11H2,1H3,(H,20,22)/t14-/m0/s1. The summed E-state index contributed by atoms with van der Waals surface area (Å²) in [5, 5.41) is 6.49. The van der Waals surface area contributed by atoms with Gasteiger partial charge in [0.2, 0.25) is 0 Å². The Hall–Kier alpha value is -1.81. The largest absolute Gasteiger partial charge is 0.369 e. The van der Waals surface area contributed by atoms with E-state index in [-0.39, 0.29) is 10.6 Å². The molecule has 0 spiro atoms. The van der Waals surface area contributed by atoms with Gasteiger partial charge in [-0.15, -0.1) is 0 Å². The second-order valence-corrected chi connectivity index (χ2v) is 6.42. The molecule has 1 saturated heterocycles. The van der Waals surface area contributed by atoms with Crippen LogP contribution in [0.4, 0.5) is 5.69 Å². The lowest BCUT2D eigenvalue weighted by Crippen LogP contribution is -2.37. The van der Waals surface area contributed by atoms with E-state index in [2.05, 4.69) is 46.3 Å². The molecule has 0 amide bonds. The summed E-state index contributed by atoms with van der Waals surface area (Å²) in [6, 6.07) is 8.73. The molecule has 0 unspecified atom stereocenters. The van der Waals surface area contributed by atoms with Gasteiger partial charge in [0, 0.05) is 13.1 Å². The van der Waals surface area contributed by atoms with Crippen LogP contribution in [0.5, 0.6) is 0 Å². The van der Waals surface area contributed by atoms with E-state index in [0.29, 0.717) is 5.92 Å². The lowest BCUT2D eigenvalue weighted by Gasteiger charge is -2.34. The van der Waals surface area contributed by atoms with Gasteiger partial charge in [0.05, 0.1) is 11.9 Å². The van der Waals surface area contributed by atoms with E-state index in [9.17, 15) is 4.79 Å². The molecule has 1 aliphatic heterocycles. The maximum atomic E-state index is 11.6. The number of halogens is 1. The van der Waals surface area contributed by atoms with Crippen molar-refractivity contribution in [2.24, 2.45) is 5.92 Å². The van der Waals surface area contributed by atoms with Crippen LogP contribution in [0.15, 0.2) is 35.3 Å². The van der Waals surface area contributed by atoms with E-state index in [1.807, 2.05) is 0 Å². The molecule has 1 N–H and O–H groups in total. The Morgan fingerprint density at radius 2 is 2.14 bits per heavy atom. The fourth-order valence-corrected chi connectivity index (χ4v) is 3.31. The summed E-state index contributed by atoms with van der Waals surface area (Å²) in [5.74, 6) is 0.576. The van der Waals surface area contributed by atoms with Crippen molar-refractivity contribution in [3.63, 3.8) is 0 Å². The third-order valence-electron chi connectivity index (χ3n) is 4.28. The Balaban J connectivity index is 1.72. The number of aromatic nitrogens is 2. The van der Waals surface area contributed by atoms with Crippen LogP contribution in [0.25, 0.3) is 0 Å². The summed E-state index contributed by atoms with van der Waals surface area (Å²) in [6.45, 7) is 3.95. The molecule has 1 fully saturated rings. The van der Waals surface area contributed by atoms with Crippen molar-refractivity contribution in [2.75, 3.05) is 18.0 Å². The highest BCUT2D eigenvalue weighted by molar-refractivity contribution is 6.32. The molecule has 2 aromatic rings. The molecule has 2 heterocycles. The second-order valence-electron chi connectivity index (χ2n) is 6.04. The molecule has 3 rings (SSSR count). The highest BCUT2D eigenvalue weighted by Gasteiger charge is 2.23. The van der Waals surface area contributed by atoms with E-state index in [0.717, 1.165) is 31.6 Å². The molecule has 1 aromatic carbocycles. The van der Waals surface area contributed by atoms with Crippen molar-refractivity contribution in [1.82, 2.24) is 10.2 Å². The molecule has 5 heteroatoms. The van der Waals surface area contributed by atoms with Crippen LogP contribution in [0, 0.1) is 12.8 Å². The maximum Gasteiger partial charge on any atom is 0.285 e. The van der Waals surface area contributed by atoms with Crippen molar-refractivity contribution in [3.05, 3.63) is 57.0 Å². The van der Waals surface area contributed by atoms with Crippen LogP contribution in [-0.2, 0) is 6.42 Å². The van der Waals surface area contributed by atoms with Gasteiger partial charge in [-0.25, -0.2) is 5.10 Å². The van der Waals surface area contributed by atoms with Gasteiger partial charge >= 0.3 is 0 Å². The first-order valence-electron chi connectivity index (χ1n) is 7.67. The molecule has 1 aliphatic rings. The van der Waals surface area contributed by atoms with Crippen LogP contribution in [0.3, 0.4) is 0 Å². The lowest BCUT2D eigenvalue weighted by atomic mass is 9.91. The SMILES string of the molecule is Cc1ccc(C[C@@H]2CCCN(c3cn[nH]c(=O)c3Cl)C2)cc1. The summed E-state index contributed by atoms with van der Waals surface area (Å²) in [7, 11) is 0. The van der Waals surface area contributed by atoms with E-state index >= 15 is 0 Å². The van der Waals surface area contributed by atoms with E-state index in [1.165, 1.54) is 17.5 Å². The van der Waals surface area contributed by atoms with Crippen LogP contribution in [0.1, 0.15) is 24.0 Å². The van der Waals surface area contributed by atoms with E-state index in [1.54, 1.807) is 6.20 Å². The molecular formula is C17H20ClN3O. The smallest absolute Gasteiger partial charge is 0.285 e. The predicted octanol–water partition coefficient (Wildman–Crippen LogP) is 3.19. The molecule has 0 bridgehead atoms. The zero-order valence-corrected chi connectivity index (χ0v) is 13.4. The molecule has 0 radical (unpaired) electrons. The van der Waals surface area contributed by atoms with E-state index < -0.39 is 0 Å². The number of hydrogen-bond acceptors (Lipinski definition) is 3. The first kappa shape index (κ1) is 15.1. The highest BCUT2D eigenvalue weighted by Crippen LogP contribution is 2.28. The van der Waals surface area contributed by atoms with Gasteiger partial charge in [-0.3, -0.25) is 4.79 Å². The van der Waals surface area contributed by atoms with E-state index in [4.69, 9.17) is 11.6 Å². The summed E-state index contributed by atoms with van der Waals surface area (Å²) < 4.78 is 0. The molecule has 4 nitrogen and oxygen atoms in total. The number of aryl methyl sites for hydroxylation is 1. The molecule has 0 saturated carbocycles. The van der Waals surface area contributed by atoms with Crippen LogP contribution in [-0.4, -0.2) is 23.3 Å². The average Bonchev–Trinajstić information content (AvgIpc) is 2.53. The average molecular weight is 318 g/mol. The topological polar surface area (TPSA) is 49.0 Å². The minimum Gasteiger partial charge on any atom is -0.369 e. The summed E-state index contributed by atoms with van der Waals surface area (Å²) >= 11 is 6.13. The molecule has 1 atom stereocenters. The monoisotopic (exact) mass is 317 g/mol. The first-order valence-corrected chi connectivity index (χ1v) is 8.05. The van der Waals surface area contributed by atoms with Crippen molar-refractivity contribution in [1.29, 1.82) is 0 Å². The zero-order valence-electron chi connectivity index (χ0n) is 12.7. The summed E-state index contributed by atoms with van der Waals surface area (Å²) in [5.41, 5.74) is 3.09. The van der Waals surface area contributed by atoms with Crippen molar-refractivity contribution in [3.8, 4) is 0 Å². The fourth-order valence-electron chi connectivity index (χ4n) is 3.10. The van der Waals surface area contributed by atoms with Gasteiger partial charge in [0.25, 0.3) is 5.56 Å². The lowest BCUT2D eigenvalue weighted by molar-refractivity contribution is 0.413. The Morgan fingerprint density at radius 1 is 1.36 bits per heavy atom. The molecular weight excluding hydrogens is 298 g/mol.